The monoisotopic (exact) mass is 209 g/mol. The van der Waals surface area contributed by atoms with Gasteiger partial charge in [-0.1, -0.05) is 0 Å². The standard InChI is InChI=1S/C10H15N3O2/c1-6-9(14)12-8(13-10(6)15)7-3-2-4-11-5-7/h6-7,11H,2-5H2,1H3,(H,12,13,14,15). The molecule has 2 aliphatic heterocycles. The lowest BCUT2D eigenvalue weighted by Gasteiger charge is -2.27. The van der Waals surface area contributed by atoms with E-state index < -0.39 is 5.92 Å². The third-order valence-electron chi connectivity index (χ3n) is 2.93. The van der Waals surface area contributed by atoms with Gasteiger partial charge in [-0.25, -0.2) is 0 Å². The fourth-order valence-electron chi connectivity index (χ4n) is 1.87. The Kier molecular flexibility index (Phi) is 2.81. The van der Waals surface area contributed by atoms with Gasteiger partial charge in [-0.2, -0.15) is 4.99 Å². The van der Waals surface area contributed by atoms with Crippen LogP contribution in [-0.4, -0.2) is 30.7 Å². The van der Waals surface area contributed by atoms with Crippen molar-refractivity contribution in [3.8, 4) is 0 Å². The zero-order valence-corrected chi connectivity index (χ0v) is 8.75. The predicted molar refractivity (Wildman–Crippen MR) is 55.3 cm³/mol. The molecule has 0 radical (unpaired) electrons. The molecule has 0 spiro atoms. The van der Waals surface area contributed by atoms with Gasteiger partial charge in [0, 0.05) is 12.5 Å². The third-order valence-corrected chi connectivity index (χ3v) is 2.93. The molecule has 0 aliphatic carbocycles. The summed E-state index contributed by atoms with van der Waals surface area (Å²) in [4.78, 5) is 26.8. The summed E-state index contributed by atoms with van der Waals surface area (Å²) in [6, 6.07) is 0. The molecule has 1 fully saturated rings. The minimum atomic E-state index is -0.634. The first-order valence-electron chi connectivity index (χ1n) is 5.32. The number of hydrogen-bond acceptors (Lipinski definition) is 3. The molecular formula is C10H15N3O2. The molecule has 0 aromatic heterocycles. The van der Waals surface area contributed by atoms with Crippen molar-refractivity contribution in [2.75, 3.05) is 13.1 Å². The van der Waals surface area contributed by atoms with Gasteiger partial charge in [0.2, 0.25) is 5.91 Å². The molecule has 2 rings (SSSR count). The molecule has 1 saturated heterocycles. The lowest BCUT2D eigenvalue weighted by molar-refractivity contribution is -0.132. The SMILES string of the molecule is CC1C(=O)N=C(C2CCCNC2)NC1=O. The van der Waals surface area contributed by atoms with Crippen molar-refractivity contribution in [1.82, 2.24) is 10.6 Å². The molecule has 0 saturated carbocycles. The van der Waals surface area contributed by atoms with Crippen LogP contribution in [0.25, 0.3) is 0 Å². The van der Waals surface area contributed by atoms with Crippen LogP contribution < -0.4 is 10.6 Å². The van der Waals surface area contributed by atoms with Crippen LogP contribution in [-0.2, 0) is 9.59 Å². The highest BCUT2D eigenvalue weighted by atomic mass is 16.2. The maximum atomic E-state index is 11.4. The van der Waals surface area contributed by atoms with E-state index in [0.29, 0.717) is 5.84 Å². The number of amidine groups is 1. The van der Waals surface area contributed by atoms with Gasteiger partial charge in [0.1, 0.15) is 11.8 Å². The Bertz CT molecular complexity index is 319. The average Bonchev–Trinajstić information content (AvgIpc) is 2.26. The molecule has 2 unspecified atom stereocenters. The van der Waals surface area contributed by atoms with Crippen LogP contribution in [0.15, 0.2) is 4.99 Å². The van der Waals surface area contributed by atoms with Crippen LogP contribution in [0.3, 0.4) is 0 Å². The largest absolute Gasteiger partial charge is 0.316 e. The number of carbonyl (C=O) groups excluding carboxylic acids is 2. The molecule has 0 bridgehead atoms. The predicted octanol–water partition coefficient (Wildman–Crippen LogP) is -0.323. The Hall–Kier alpha value is -1.23. The molecule has 2 N–H and O–H groups in total. The fourth-order valence-corrected chi connectivity index (χ4v) is 1.87. The van der Waals surface area contributed by atoms with Crippen LogP contribution in [0, 0.1) is 11.8 Å². The summed E-state index contributed by atoms with van der Waals surface area (Å²) in [6.07, 6.45) is 2.04. The summed E-state index contributed by atoms with van der Waals surface area (Å²) in [7, 11) is 0. The Morgan fingerprint density at radius 3 is 2.80 bits per heavy atom. The second-order valence-electron chi connectivity index (χ2n) is 4.09. The number of carbonyl (C=O) groups is 2. The Balaban J connectivity index is 2.12. The smallest absolute Gasteiger partial charge is 0.259 e. The molecular weight excluding hydrogens is 194 g/mol. The Morgan fingerprint density at radius 1 is 1.40 bits per heavy atom. The minimum Gasteiger partial charge on any atom is -0.316 e. The topological polar surface area (TPSA) is 70.6 Å². The molecule has 15 heavy (non-hydrogen) atoms. The first-order chi connectivity index (χ1) is 7.18. The van der Waals surface area contributed by atoms with Crippen LogP contribution in [0.5, 0.6) is 0 Å². The summed E-state index contributed by atoms with van der Waals surface area (Å²) < 4.78 is 0. The summed E-state index contributed by atoms with van der Waals surface area (Å²) in [5.41, 5.74) is 0. The number of hydrogen-bond donors (Lipinski definition) is 2. The first-order valence-corrected chi connectivity index (χ1v) is 5.32. The van der Waals surface area contributed by atoms with Crippen molar-refractivity contribution in [3.05, 3.63) is 0 Å². The van der Waals surface area contributed by atoms with Crippen LogP contribution in [0.4, 0.5) is 0 Å². The van der Waals surface area contributed by atoms with Crippen molar-refractivity contribution in [1.29, 1.82) is 0 Å². The summed E-state index contributed by atoms with van der Waals surface area (Å²) in [5, 5.41) is 5.95. The van der Waals surface area contributed by atoms with E-state index in [-0.39, 0.29) is 17.7 Å². The van der Waals surface area contributed by atoms with E-state index in [1.165, 1.54) is 0 Å². The van der Waals surface area contributed by atoms with Crippen LogP contribution >= 0.6 is 0 Å². The average molecular weight is 209 g/mol. The van der Waals surface area contributed by atoms with Gasteiger partial charge in [-0.05, 0) is 26.3 Å². The second kappa shape index (κ2) is 4.10. The van der Waals surface area contributed by atoms with Gasteiger partial charge in [0.15, 0.2) is 0 Å². The normalized spacial score (nSPS) is 32.2. The molecule has 5 heteroatoms. The molecule has 2 heterocycles. The van der Waals surface area contributed by atoms with Crippen molar-refractivity contribution in [2.24, 2.45) is 16.8 Å². The number of nitrogens with zero attached hydrogens (tertiary/aromatic N) is 1. The number of amides is 2. The van der Waals surface area contributed by atoms with E-state index in [9.17, 15) is 9.59 Å². The summed E-state index contributed by atoms with van der Waals surface area (Å²) >= 11 is 0. The third kappa shape index (κ3) is 2.07. The minimum absolute atomic E-state index is 0.180. The van der Waals surface area contributed by atoms with Crippen molar-refractivity contribution in [3.63, 3.8) is 0 Å². The Labute approximate surface area is 88.3 Å². The van der Waals surface area contributed by atoms with Crippen molar-refractivity contribution < 1.29 is 9.59 Å². The quantitative estimate of drug-likeness (QED) is 0.581. The molecule has 2 atom stereocenters. The van der Waals surface area contributed by atoms with E-state index in [4.69, 9.17) is 0 Å². The number of piperidine rings is 1. The number of nitrogens with one attached hydrogen (secondary N) is 2. The highest BCUT2D eigenvalue weighted by Gasteiger charge is 2.31. The van der Waals surface area contributed by atoms with Gasteiger partial charge >= 0.3 is 0 Å². The zero-order valence-electron chi connectivity index (χ0n) is 8.75. The van der Waals surface area contributed by atoms with Gasteiger partial charge in [0.05, 0.1) is 0 Å². The maximum Gasteiger partial charge on any atom is 0.259 e. The first kappa shape index (κ1) is 10.3. The van der Waals surface area contributed by atoms with E-state index >= 15 is 0 Å². The fraction of sp³-hybridized carbons (Fsp3) is 0.700. The van der Waals surface area contributed by atoms with Crippen molar-refractivity contribution in [2.45, 2.75) is 19.8 Å². The molecule has 2 amide bonds. The maximum absolute atomic E-state index is 11.4. The lowest BCUT2D eigenvalue weighted by atomic mass is 9.96. The van der Waals surface area contributed by atoms with Gasteiger partial charge in [0.25, 0.3) is 5.91 Å². The van der Waals surface area contributed by atoms with E-state index in [0.717, 1.165) is 25.9 Å². The molecule has 5 nitrogen and oxygen atoms in total. The highest BCUT2D eigenvalue weighted by Crippen LogP contribution is 2.15. The summed E-state index contributed by atoms with van der Waals surface area (Å²) in [5.74, 6) is -0.449. The van der Waals surface area contributed by atoms with Gasteiger partial charge in [-0.3, -0.25) is 9.59 Å². The molecule has 0 aromatic rings. The molecule has 82 valence electrons. The van der Waals surface area contributed by atoms with Crippen LogP contribution in [0.1, 0.15) is 19.8 Å². The van der Waals surface area contributed by atoms with Gasteiger partial charge in [-0.15, -0.1) is 0 Å². The molecule has 2 aliphatic rings. The number of rotatable bonds is 1. The zero-order chi connectivity index (χ0) is 10.8. The number of aliphatic imine (C=N–C) groups is 1. The Morgan fingerprint density at radius 2 is 2.20 bits per heavy atom. The van der Waals surface area contributed by atoms with Crippen LogP contribution in [0.2, 0.25) is 0 Å². The van der Waals surface area contributed by atoms with E-state index in [1.54, 1.807) is 6.92 Å². The second-order valence-corrected chi connectivity index (χ2v) is 4.09. The highest BCUT2D eigenvalue weighted by molar-refractivity contribution is 6.16. The van der Waals surface area contributed by atoms with Crippen molar-refractivity contribution >= 4 is 17.6 Å². The molecule has 0 aromatic carbocycles. The summed E-state index contributed by atoms with van der Waals surface area (Å²) in [6.45, 7) is 3.37. The van der Waals surface area contributed by atoms with E-state index in [2.05, 4.69) is 15.6 Å². The van der Waals surface area contributed by atoms with Gasteiger partial charge < -0.3 is 10.6 Å². The van der Waals surface area contributed by atoms with E-state index in [1.807, 2.05) is 0 Å². The lowest BCUT2D eigenvalue weighted by Crippen LogP contribution is -2.49.